The standard InChI is InChI=1S/C22H20BrCl2NO/c1-15(16-5-3-2-4-6-16)26-13-18-11-19(23)8-10-22(18)27-14-17-7-9-20(24)12-21(17)25/h2-12,15,26H,13-14H2,1H3/t15-/m1/s1. The molecule has 0 saturated heterocycles. The Balaban J connectivity index is 1.69. The van der Waals surface area contributed by atoms with Gasteiger partial charge in [0.15, 0.2) is 0 Å². The van der Waals surface area contributed by atoms with E-state index in [1.807, 2.05) is 30.3 Å². The summed E-state index contributed by atoms with van der Waals surface area (Å²) in [5.74, 6) is 0.831. The minimum atomic E-state index is 0.240. The van der Waals surface area contributed by atoms with E-state index in [-0.39, 0.29) is 6.04 Å². The Morgan fingerprint density at radius 2 is 1.74 bits per heavy atom. The number of hydrogen-bond acceptors (Lipinski definition) is 2. The van der Waals surface area contributed by atoms with Crippen LogP contribution in [-0.4, -0.2) is 0 Å². The van der Waals surface area contributed by atoms with Crippen molar-refractivity contribution in [1.29, 1.82) is 0 Å². The highest BCUT2D eigenvalue weighted by atomic mass is 79.9. The van der Waals surface area contributed by atoms with Crippen molar-refractivity contribution in [3.8, 4) is 5.75 Å². The fourth-order valence-corrected chi connectivity index (χ4v) is 3.62. The fraction of sp³-hybridized carbons (Fsp3) is 0.182. The van der Waals surface area contributed by atoms with Gasteiger partial charge in [-0.15, -0.1) is 0 Å². The van der Waals surface area contributed by atoms with Crippen LogP contribution in [0.15, 0.2) is 71.2 Å². The van der Waals surface area contributed by atoms with Gasteiger partial charge in [0.2, 0.25) is 0 Å². The monoisotopic (exact) mass is 463 g/mol. The van der Waals surface area contributed by atoms with Crippen LogP contribution in [0.2, 0.25) is 10.0 Å². The fourth-order valence-electron chi connectivity index (χ4n) is 2.74. The lowest BCUT2D eigenvalue weighted by atomic mass is 10.1. The molecule has 3 rings (SSSR count). The summed E-state index contributed by atoms with van der Waals surface area (Å²) in [6, 6.07) is 22.1. The summed E-state index contributed by atoms with van der Waals surface area (Å²) in [4.78, 5) is 0. The summed E-state index contributed by atoms with van der Waals surface area (Å²) in [6.07, 6.45) is 0. The molecule has 0 unspecified atom stereocenters. The second kappa shape index (κ2) is 9.61. The maximum Gasteiger partial charge on any atom is 0.124 e. The van der Waals surface area contributed by atoms with Gasteiger partial charge in [-0.3, -0.25) is 0 Å². The molecule has 0 aliphatic rings. The molecular formula is C22H20BrCl2NO. The van der Waals surface area contributed by atoms with Gasteiger partial charge in [0, 0.05) is 38.2 Å². The zero-order chi connectivity index (χ0) is 19.2. The maximum absolute atomic E-state index is 6.25. The summed E-state index contributed by atoms with van der Waals surface area (Å²) in [5, 5.41) is 4.78. The van der Waals surface area contributed by atoms with Crippen LogP contribution in [0.3, 0.4) is 0 Å². The van der Waals surface area contributed by atoms with Crippen LogP contribution in [-0.2, 0) is 13.2 Å². The molecule has 0 spiro atoms. The van der Waals surface area contributed by atoms with Crippen molar-refractivity contribution in [1.82, 2.24) is 5.32 Å². The van der Waals surface area contributed by atoms with Crippen molar-refractivity contribution < 1.29 is 4.74 Å². The van der Waals surface area contributed by atoms with Crippen molar-refractivity contribution in [3.05, 3.63) is 97.9 Å². The summed E-state index contributed by atoms with van der Waals surface area (Å²) in [7, 11) is 0. The molecule has 1 N–H and O–H groups in total. The Hall–Kier alpha value is -1.52. The van der Waals surface area contributed by atoms with E-state index in [0.717, 1.165) is 21.3 Å². The molecule has 0 bridgehead atoms. The largest absolute Gasteiger partial charge is 0.489 e. The van der Waals surface area contributed by atoms with Gasteiger partial charge in [0.25, 0.3) is 0 Å². The first-order chi connectivity index (χ1) is 13.0. The molecule has 0 fully saturated rings. The molecular weight excluding hydrogens is 445 g/mol. The molecule has 0 saturated carbocycles. The van der Waals surface area contributed by atoms with Gasteiger partial charge in [0.1, 0.15) is 12.4 Å². The van der Waals surface area contributed by atoms with E-state index in [1.54, 1.807) is 6.07 Å². The topological polar surface area (TPSA) is 21.3 Å². The minimum absolute atomic E-state index is 0.240. The Kier molecular flexibility index (Phi) is 7.20. The second-order valence-electron chi connectivity index (χ2n) is 6.29. The Labute approximate surface area is 178 Å². The Bertz CT molecular complexity index is 902. The predicted molar refractivity (Wildman–Crippen MR) is 117 cm³/mol. The summed E-state index contributed by atoms with van der Waals surface area (Å²) in [5.41, 5.74) is 3.24. The average molecular weight is 465 g/mol. The molecule has 0 aliphatic heterocycles. The van der Waals surface area contributed by atoms with Gasteiger partial charge in [-0.05, 0) is 42.8 Å². The van der Waals surface area contributed by atoms with Crippen LogP contribution in [0.5, 0.6) is 5.75 Å². The van der Waals surface area contributed by atoms with E-state index >= 15 is 0 Å². The Morgan fingerprint density at radius 3 is 2.48 bits per heavy atom. The molecule has 0 aliphatic carbocycles. The smallest absolute Gasteiger partial charge is 0.124 e. The summed E-state index contributed by atoms with van der Waals surface area (Å²) in [6.45, 7) is 3.24. The molecule has 2 nitrogen and oxygen atoms in total. The van der Waals surface area contributed by atoms with Crippen molar-refractivity contribution >= 4 is 39.1 Å². The highest BCUT2D eigenvalue weighted by molar-refractivity contribution is 9.10. The molecule has 0 aromatic heterocycles. The van der Waals surface area contributed by atoms with Crippen molar-refractivity contribution in [2.45, 2.75) is 26.1 Å². The van der Waals surface area contributed by atoms with Gasteiger partial charge < -0.3 is 10.1 Å². The molecule has 3 aromatic rings. The van der Waals surface area contributed by atoms with Gasteiger partial charge in [-0.1, -0.05) is 75.5 Å². The third-order valence-electron chi connectivity index (χ3n) is 4.32. The van der Waals surface area contributed by atoms with Crippen LogP contribution < -0.4 is 10.1 Å². The number of ether oxygens (including phenoxy) is 1. The number of halogens is 3. The highest BCUT2D eigenvalue weighted by Crippen LogP contribution is 2.27. The van der Waals surface area contributed by atoms with Gasteiger partial charge in [0.05, 0.1) is 0 Å². The van der Waals surface area contributed by atoms with Gasteiger partial charge in [-0.2, -0.15) is 0 Å². The number of rotatable bonds is 7. The zero-order valence-electron chi connectivity index (χ0n) is 14.9. The van der Waals surface area contributed by atoms with E-state index in [0.29, 0.717) is 23.2 Å². The summed E-state index contributed by atoms with van der Waals surface area (Å²) < 4.78 is 7.07. The predicted octanol–water partition coefficient (Wildman–Crippen LogP) is 7.19. The Morgan fingerprint density at radius 1 is 0.963 bits per heavy atom. The molecule has 5 heteroatoms. The van der Waals surface area contributed by atoms with Crippen LogP contribution in [0.1, 0.15) is 29.7 Å². The number of benzene rings is 3. The normalized spacial score (nSPS) is 12.0. The lowest BCUT2D eigenvalue weighted by Crippen LogP contribution is -2.18. The first kappa shape index (κ1) is 20.2. The van der Waals surface area contributed by atoms with E-state index in [9.17, 15) is 0 Å². The van der Waals surface area contributed by atoms with Crippen LogP contribution in [0.25, 0.3) is 0 Å². The second-order valence-corrected chi connectivity index (χ2v) is 8.05. The van der Waals surface area contributed by atoms with E-state index < -0.39 is 0 Å². The number of hydrogen-bond donors (Lipinski definition) is 1. The van der Waals surface area contributed by atoms with E-state index in [4.69, 9.17) is 27.9 Å². The van der Waals surface area contributed by atoms with E-state index in [1.165, 1.54) is 5.56 Å². The molecule has 27 heavy (non-hydrogen) atoms. The zero-order valence-corrected chi connectivity index (χ0v) is 18.0. The van der Waals surface area contributed by atoms with Crippen molar-refractivity contribution in [3.63, 3.8) is 0 Å². The van der Waals surface area contributed by atoms with Gasteiger partial charge in [-0.25, -0.2) is 0 Å². The average Bonchev–Trinajstić information content (AvgIpc) is 2.67. The summed E-state index contributed by atoms with van der Waals surface area (Å²) >= 11 is 15.8. The molecule has 140 valence electrons. The number of nitrogens with one attached hydrogen (secondary N) is 1. The molecule has 0 heterocycles. The maximum atomic E-state index is 6.25. The first-order valence-electron chi connectivity index (χ1n) is 8.66. The van der Waals surface area contributed by atoms with E-state index in [2.05, 4.69) is 58.5 Å². The minimum Gasteiger partial charge on any atom is -0.489 e. The SMILES string of the molecule is C[C@@H](NCc1cc(Br)ccc1OCc1ccc(Cl)cc1Cl)c1ccccc1. The van der Waals surface area contributed by atoms with Gasteiger partial charge >= 0.3 is 0 Å². The lowest BCUT2D eigenvalue weighted by Gasteiger charge is -2.17. The van der Waals surface area contributed by atoms with Crippen LogP contribution >= 0.6 is 39.1 Å². The quantitative estimate of drug-likeness (QED) is 0.399. The highest BCUT2D eigenvalue weighted by Gasteiger charge is 2.10. The van der Waals surface area contributed by atoms with Crippen molar-refractivity contribution in [2.24, 2.45) is 0 Å². The lowest BCUT2D eigenvalue weighted by molar-refractivity contribution is 0.301. The molecule has 0 amide bonds. The van der Waals surface area contributed by atoms with Crippen LogP contribution in [0, 0.1) is 0 Å². The molecule has 1 atom stereocenters. The first-order valence-corrected chi connectivity index (χ1v) is 10.2. The molecule has 0 radical (unpaired) electrons. The molecule has 3 aromatic carbocycles. The van der Waals surface area contributed by atoms with Crippen LogP contribution in [0.4, 0.5) is 0 Å². The third kappa shape index (κ3) is 5.73. The third-order valence-corrected chi connectivity index (χ3v) is 5.40. The van der Waals surface area contributed by atoms with Crippen molar-refractivity contribution in [2.75, 3.05) is 0 Å².